The molecule has 1 aliphatic rings. The minimum Gasteiger partial charge on any atom is -0.486 e. The lowest BCUT2D eigenvalue weighted by molar-refractivity contribution is 0.0958. The quantitative estimate of drug-likeness (QED) is 0.670. The zero-order chi connectivity index (χ0) is 20.4. The molecule has 0 aliphatic heterocycles. The zero-order valence-electron chi connectivity index (χ0n) is 16.3. The number of amides is 2. The van der Waals surface area contributed by atoms with Crippen LogP contribution in [0.15, 0.2) is 40.9 Å². The summed E-state index contributed by atoms with van der Waals surface area (Å²) in [4.78, 5) is 24.4. The van der Waals surface area contributed by atoms with E-state index in [-0.39, 0.29) is 24.0 Å². The summed E-state index contributed by atoms with van der Waals surface area (Å²) in [5, 5.41) is 9.21. The fourth-order valence-corrected chi connectivity index (χ4v) is 3.42. The van der Waals surface area contributed by atoms with Gasteiger partial charge in [0.1, 0.15) is 18.1 Å². The third-order valence-corrected chi connectivity index (χ3v) is 4.86. The predicted molar refractivity (Wildman–Crippen MR) is 106 cm³/mol. The number of nitrogens with zero attached hydrogens (tertiary/aromatic N) is 2. The summed E-state index contributed by atoms with van der Waals surface area (Å²) in [5.74, 6) is 0.604. The van der Waals surface area contributed by atoms with E-state index in [2.05, 4.69) is 27.9 Å². The van der Waals surface area contributed by atoms with Gasteiger partial charge in [0, 0.05) is 20.3 Å². The molecule has 4 rings (SSSR count). The molecule has 1 aliphatic carbocycles. The van der Waals surface area contributed by atoms with Crippen molar-refractivity contribution in [2.75, 3.05) is 12.4 Å². The first-order chi connectivity index (χ1) is 14.0. The molecule has 2 N–H and O–H groups in total. The molecule has 8 heteroatoms. The average molecular weight is 394 g/mol. The maximum Gasteiger partial charge on any atom is 0.291 e. The second-order valence-corrected chi connectivity index (χ2v) is 6.94. The summed E-state index contributed by atoms with van der Waals surface area (Å²) >= 11 is 0. The molecule has 150 valence electrons. The standard InChI is InChI=1S/C21H22N4O4/c1-22-21(27)19-17(11-25(2)24-19)23-20(26)18-9-8-16(29-18)12-28-15-7-6-13-4-3-5-14(13)10-15/h6-11H,3-5,12H2,1-2H3,(H,22,27)(H,23,26). The molecule has 0 bridgehead atoms. The lowest BCUT2D eigenvalue weighted by Gasteiger charge is -2.07. The maximum atomic E-state index is 12.5. The first-order valence-corrected chi connectivity index (χ1v) is 9.44. The number of nitrogens with one attached hydrogen (secondary N) is 2. The van der Waals surface area contributed by atoms with E-state index < -0.39 is 5.91 Å². The van der Waals surface area contributed by atoms with Gasteiger partial charge in [-0.2, -0.15) is 5.10 Å². The predicted octanol–water partition coefficient (Wildman–Crippen LogP) is 2.69. The molecule has 29 heavy (non-hydrogen) atoms. The number of furan rings is 1. The largest absolute Gasteiger partial charge is 0.486 e. The van der Waals surface area contributed by atoms with Crippen molar-refractivity contribution < 1.29 is 18.7 Å². The number of fused-ring (bicyclic) bond motifs is 1. The monoisotopic (exact) mass is 394 g/mol. The van der Waals surface area contributed by atoms with Gasteiger partial charge in [-0.3, -0.25) is 14.3 Å². The van der Waals surface area contributed by atoms with Crippen LogP contribution < -0.4 is 15.4 Å². The van der Waals surface area contributed by atoms with Crippen LogP contribution in [0.3, 0.4) is 0 Å². The van der Waals surface area contributed by atoms with Gasteiger partial charge in [0.05, 0.1) is 5.69 Å². The van der Waals surface area contributed by atoms with Gasteiger partial charge in [0.2, 0.25) is 0 Å². The fraction of sp³-hybridized carbons (Fsp3) is 0.286. The van der Waals surface area contributed by atoms with Crippen molar-refractivity contribution in [2.45, 2.75) is 25.9 Å². The van der Waals surface area contributed by atoms with Crippen molar-refractivity contribution >= 4 is 17.5 Å². The summed E-state index contributed by atoms with van der Waals surface area (Å²) in [6, 6.07) is 9.42. The van der Waals surface area contributed by atoms with Crippen LogP contribution in [0, 0.1) is 0 Å². The Labute approximate surface area is 167 Å². The highest BCUT2D eigenvalue weighted by molar-refractivity contribution is 6.06. The average Bonchev–Trinajstić information content (AvgIpc) is 3.45. The molecular formula is C21H22N4O4. The number of aromatic nitrogens is 2. The Bertz CT molecular complexity index is 1070. The highest BCUT2D eigenvalue weighted by atomic mass is 16.5. The molecule has 0 saturated carbocycles. The zero-order valence-corrected chi connectivity index (χ0v) is 16.3. The third kappa shape index (κ3) is 4.01. The summed E-state index contributed by atoms with van der Waals surface area (Å²) in [7, 11) is 3.17. The number of benzene rings is 1. The molecule has 2 heterocycles. The normalized spacial score (nSPS) is 12.5. The van der Waals surface area contributed by atoms with E-state index in [1.165, 1.54) is 29.3 Å². The molecule has 0 atom stereocenters. The van der Waals surface area contributed by atoms with E-state index in [9.17, 15) is 9.59 Å². The van der Waals surface area contributed by atoms with E-state index in [1.54, 1.807) is 25.4 Å². The minimum atomic E-state index is -0.466. The van der Waals surface area contributed by atoms with Gasteiger partial charge in [-0.1, -0.05) is 6.07 Å². The molecule has 0 spiro atoms. The summed E-state index contributed by atoms with van der Waals surface area (Å²) < 4.78 is 12.9. The number of carbonyl (C=O) groups excluding carboxylic acids is 2. The van der Waals surface area contributed by atoms with Gasteiger partial charge >= 0.3 is 0 Å². The van der Waals surface area contributed by atoms with Crippen LogP contribution in [0.4, 0.5) is 5.69 Å². The van der Waals surface area contributed by atoms with Crippen molar-refractivity contribution in [3.05, 3.63) is 64.9 Å². The van der Waals surface area contributed by atoms with Crippen molar-refractivity contribution in [3.8, 4) is 5.75 Å². The van der Waals surface area contributed by atoms with Crippen LogP contribution in [0.1, 0.15) is 44.4 Å². The van der Waals surface area contributed by atoms with Gasteiger partial charge in [-0.05, 0) is 54.7 Å². The highest BCUT2D eigenvalue weighted by Crippen LogP contribution is 2.26. The highest BCUT2D eigenvalue weighted by Gasteiger charge is 2.19. The third-order valence-electron chi connectivity index (χ3n) is 4.86. The van der Waals surface area contributed by atoms with Gasteiger partial charge < -0.3 is 19.8 Å². The topological polar surface area (TPSA) is 98.4 Å². The number of aryl methyl sites for hydroxylation is 3. The number of hydrogen-bond donors (Lipinski definition) is 2. The fourth-order valence-electron chi connectivity index (χ4n) is 3.42. The second kappa shape index (κ2) is 7.83. The van der Waals surface area contributed by atoms with Gasteiger partial charge in [-0.25, -0.2) is 0 Å². The Kier molecular flexibility index (Phi) is 5.07. The number of anilines is 1. The minimum absolute atomic E-state index is 0.129. The summed E-state index contributed by atoms with van der Waals surface area (Å²) in [5.41, 5.74) is 3.17. The molecule has 8 nitrogen and oxygen atoms in total. The molecular weight excluding hydrogens is 372 g/mol. The first-order valence-electron chi connectivity index (χ1n) is 9.44. The Hall–Kier alpha value is -3.55. The van der Waals surface area contributed by atoms with Crippen molar-refractivity contribution in [3.63, 3.8) is 0 Å². The Morgan fingerprint density at radius 3 is 2.83 bits per heavy atom. The molecule has 0 radical (unpaired) electrons. The molecule has 1 aromatic carbocycles. The van der Waals surface area contributed by atoms with Crippen molar-refractivity contribution in [2.24, 2.45) is 7.05 Å². The first kappa shape index (κ1) is 18.8. The van der Waals surface area contributed by atoms with Crippen LogP contribution in [-0.2, 0) is 26.5 Å². The lowest BCUT2D eigenvalue weighted by atomic mass is 10.1. The van der Waals surface area contributed by atoms with Crippen LogP contribution in [-0.4, -0.2) is 28.6 Å². The second-order valence-electron chi connectivity index (χ2n) is 6.94. The molecule has 0 unspecified atom stereocenters. The summed E-state index contributed by atoms with van der Waals surface area (Å²) in [6.07, 6.45) is 4.96. The molecule has 2 aromatic heterocycles. The SMILES string of the molecule is CNC(=O)c1nn(C)cc1NC(=O)c1ccc(COc2ccc3c(c2)CCC3)o1. The van der Waals surface area contributed by atoms with E-state index in [4.69, 9.17) is 9.15 Å². The van der Waals surface area contributed by atoms with Crippen molar-refractivity contribution in [1.29, 1.82) is 0 Å². The summed E-state index contributed by atoms with van der Waals surface area (Å²) in [6.45, 7) is 0.225. The number of carbonyl (C=O) groups is 2. The van der Waals surface area contributed by atoms with Gasteiger partial charge in [0.25, 0.3) is 11.8 Å². The number of hydrogen-bond acceptors (Lipinski definition) is 5. The number of ether oxygens (including phenoxy) is 1. The lowest BCUT2D eigenvalue weighted by Crippen LogP contribution is -2.21. The Balaban J connectivity index is 1.40. The molecule has 0 saturated heterocycles. The van der Waals surface area contributed by atoms with E-state index in [0.717, 1.165) is 18.6 Å². The van der Waals surface area contributed by atoms with E-state index in [1.807, 2.05) is 6.07 Å². The van der Waals surface area contributed by atoms with Crippen LogP contribution in [0.2, 0.25) is 0 Å². The smallest absolute Gasteiger partial charge is 0.291 e. The maximum absolute atomic E-state index is 12.5. The molecule has 2 amide bonds. The van der Waals surface area contributed by atoms with Crippen molar-refractivity contribution in [1.82, 2.24) is 15.1 Å². The van der Waals surface area contributed by atoms with E-state index >= 15 is 0 Å². The Morgan fingerprint density at radius 1 is 1.17 bits per heavy atom. The van der Waals surface area contributed by atoms with Crippen LogP contribution in [0.5, 0.6) is 5.75 Å². The van der Waals surface area contributed by atoms with Gasteiger partial charge in [-0.15, -0.1) is 0 Å². The van der Waals surface area contributed by atoms with Crippen LogP contribution >= 0.6 is 0 Å². The van der Waals surface area contributed by atoms with Gasteiger partial charge in [0.15, 0.2) is 11.5 Å². The Morgan fingerprint density at radius 2 is 2.00 bits per heavy atom. The van der Waals surface area contributed by atoms with E-state index in [0.29, 0.717) is 11.4 Å². The number of rotatable bonds is 6. The van der Waals surface area contributed by atoms with Crippen LogP contribution in [0.25, 0.3) is 0 Å². The molecule has 3 aromatic rings. The molecule has 0 fully saturated rings.